The Bertz CT molecular complexity index is 1220. The van der Waals surface area contributed by atoms with Crippen molar-refractivity contribution in [1.29, 1.82) is 0 Å². The molecule has 4 rings (SSSR count). The minimum Gasteiger partial charge on any atom is -0.403 e. The van der Waals surface area contributed by atoms with Gasteiger partial charge in [-0.05, 0) is 53.3 Å². The van der Waals surface area contributed by atoms with Crippen LogP contribution in [0.4, 0.5) is 5.69 Å². The Labute approximate surface area is 204 Å². The zero-order valence-electron chi connectivity index (χ0n) is 19.4. The van der Waals surface area contributed by atoms with Crippen molar-refractivity contribution in [2.24, 2.45) is 17.5 Å². The number of amides is 2. The number of aromatic nitrogens is 1. The van der Waals surface area contributed by atoms with E-state index in [9.17, 15) is 9.59 Å². The van der Waals surface area contributed by atoms with Gasteiger partial charge in [-0.25, -0.2) is 10.8 Å². The van der Waals surface area contributed by atoms with E-state index in [1.54, 1.807) is 24.4 Å². The third-order valence-electron chi connectivity index (χ3n) is 6.05. The van der Waals surface area contributed by atoms with Gasteiger partial charge in [0.05, 0.1) is 12.2 Å². The summed E-state index contributed by atoms with van der Waals surface area (Å²) < 4.78 is 5.37. The van der Waals surface area contributed by atoms with Crippen LogP contribution in [0.5, 0.6) is 0 Å². The summed E-state index contributed by atoms with van der Waals surface area (Å²) in [4.78, 5) is 30.4. The van der Waals surface area contributed by atoms with E-state index in [2.05, 4.69) is 15.6 Å². The molecule has 0 radical (unpaired) electrons. The van der Waals surface area contributed by atoms with Gasteiger partial charge in [0.25, 0.3) is 11.8 Å². The summed E-state index contributed by atoms with van der Waals surface area (Å²) in [5, 5.41) is 8.98. The van der Waals surface area contributed by atoms with Gasteiger partial charge >= 0.3 is 0 Å². The van der Waals surface area contributed by atoms with Crippen LogP contribution in [0.25, 0.3) is 10.8 Å². The van der Waals surface area contributed by atoms with Crippen LogP contribution < -0.4 is 22.2 Å². The number of benzene rings is 2. The van der Waals surface area contributed by atoms with Gasteiger partial charge in [-0.3, -0.25) is 9.59 Å². The number of carbonyl (C=O) groups excluding carboxylic acids is 2. The minimum atomic E-state index is -0.328. The van der Waals surface area contributed by atoms with Crippen molar-refractivity contribution in [3.8, 4) is 0 Å². The number of ether oxygens (including phenoxy) is 1. The average molecular weight is 475 g/mol. The number of hydrogen-bond donors (Lipinski definition) is 4. The molecule has 35 heavy (non-hydrogen) atoms. The Morgan fingerprint density at radius 1 is 1.06 bits per heavy atom. The minimum absolute atomic E-state index is 0.182. The van der Waals surface area contributed by atoms with E-state index in [0.717, 1.165) is 29.2 Å². The number of nitrogens with one attached hydrogen (secondary N) is 2. The van der Waals surface area contributed by atoms with E-state index in [1.165, 1.54) is 17.4 Å². The maximum Gasteiger partial charge on any atom is 0.272 e. The van der Waals surface area contributed by atoms with Gasteiger partial charge in [-0.2, -0.15) is 0 Å². The molecular weight excluding hydrogens is 444 g/mol. The summed E-state index contributed by atoms with van der Waals surface area (Å²) in [5.41, 5.74) is 7.41. The molecule has 182 valence electrons. The quantitative estimate of drug-likeness (QED) is 0.291. The van der Waals surface area contributed by atoms with Gasteiger partial charge in [0.2, 0.25) is 0 Å². The topological polar surface area (TPSA) is 136 Å². The Balaban J connectivity index is 1.53. The second-order valence-corrected chi connectivity index (χ2v) is 8.45. The molecule has 0 spiro atoms. The van der Waals surface area contributed by atoms with Crippen molar-refractivity contribution in [3.63, 3.8) is 0 Å². The molecule has 9 heteroatoms. The van der Waals surface area contributed by atoms with Crippen LogP contribution in [0.2, 0.25) is 0 Å². The number of fused-ring (bicyclic) bond motifs is 1. The van der Waals surface area contributed by atoms with Crippen molar-refractivity contribution in [2.45, 2.75) is 19.4 Å². The lowest BCUT2D eigenvalue weighted by Crippen LogP contribution is -2.33. The van der Waals surface area contributed by atoms with E-state index >= 15 is 0 Å². The summed E-state index contributed by atoms with van der Waals surface area (Å²) in [6, 6.07) is 14.6. The van der Waals surface area contributed by atoms with Crippen LogP contribution in [0, 0.1) is 5.92 Å². The molecular formula is C26H30N6O3. The maximum atomic E-state index is 13.3. The molecule has 1 saturated heterocycles. The molecule has 0 atom stereocenters. The fourth-order valence-corrected chi connectivity index (χ4v) is 4.21. The van der Waals surface area contributed by atoms with Gasteiger partial charge in [0, 0.05) is 43.9 Å². The first kappa shape index (κ1) is 24.2. The second kappa shape index (κ2) is 11.5. The van der Waals surface area contributed by atoms with Crippen molar-refractivity contribution in [3.05, 3.63) is 83.9 Å². The largest absolute Gasteiger partial charge is 0.403 e. The molecule has 2 amide bonds. The fourth-order valence-electron chi connectivity index (χ4n) is 4.21. The van der Waals surface area contributed by atoms with E-state index in [1.807, 2.05) is 30.3 Å². The summed E-state index contributed by atoms with van der Waals surface area (Å²) >= 11 is 0. The molecule has 2 aromatic carbocycles. The van der Waals surface area contributed by atoms with Gasteiger partial charge in [-0.15, -0.1) is 0 Å². The summed E-state index contributed by atoms with van der Waals surface area (Å²) in [5.74, 6) is 5.70. The molecule has 1 aliphatic rings. The number of rotatable bonds is 8. The van der Waals surface area contributed by atoms with Crippen molar-refractivity contribution < 1.29 is 14.3 Å². The van der Waals surface area contributed by atoms with Crippen LogP contribution in [0.1, 0.15) is 39.3 Å². The smallest absolute Gasteiger partial charge is 0.272 e. The van der Waals surface area contributed by atoms with Gasteiger partial charge < -0.3 is 26.1 Å². The number of nitrogens with zero attached hydrogens (tertiary/aromatic N) is 2. The first-order chi connectivity index (χ1) is 17.1. The summed E-state index contributed by atoms with van der Waals surface area (Å²) in [6.45, 7) is 2.41. The molecule has 3 aromatic rings. The third kappa shape index (κ3) is 5.95. The molecule has 6 N–H and O–H groups in total. The van der Waals surface area contributed by atoms with E-state index in [4.69, 9.17) is 16.3 Å². The highest BCUT2D eigenvalue weighted by Crippen LogP contribution is 2.25. The van der Waals surface area contributed by atoms with Crippen LogP contribution in [-0.4, -0.2) is 41.6 Å². The lowest BCUT2D eigenvalue weighted by molar-refractivity contribution is 0.0642. The summed E-state index contributed by atoms with van der Waals surface area (Å²) in [7, 11) is 0. The predicted molar refractivity (Wildman–Crippen MR) is 135 cm³/mol. The maximum absolute atomic E-state index is 13.3. The number of pyridine rings is 1. The zero-order valence-corrected chi connectivity index (χ0v) is 19.4. The first-order valence-electron chi connectivity index (χ1n) is 11.6. The Morgan fingerprint density at radius 2 is 1.83 bits per heavy atom. The van der Waals surface area contributed by atoms with E-state index in [0.29, 0.717) is 43.5 Å². The lowest BCUT2D eigenvalue weighted by atomic mass is 9.98. The van der Waals surface area contributed by atoms with Gasteiger partial charge in [-0.1, -0.05) is 30.3 Å². The Morgan fingerprint density at radius 3 is 2.60 bits per heavy atom. The Kier molecular flexibility index (Phi) is 7.92. The number of hydrazine groups is 1. The number of carbonyl (C=O) groups is 2. The molecule has 1 aliphatic heterocycles. The fraction of sp³-hybridized carbons (Fsp3) is 0.269. The van der Waals surface area contributed by atoms with Gasteiger partial charge in [0.15, 0.2) is 5.69 Å². The third-order valence-corrected chi connectivity index (χ3v) is 6.05. The molecule has 0 unspecified atom stereocenters. The molecule has 1 aromatic heterocycles. The van der Waals surface area contributed by atoms with E-state index < -0.39 is 0 Å². The van der Waals surface area contributed by atoms with E-state index in [-0.39, 0.29) is 17.5 Å². The van der Waals surface area contributed by atoms with Crippen LogP contribution in [0.15, 0.2) is 67.1 Å². The number of nitrogens with two attached hydrogens (primary N) is 2. The first-order valence-corrected chi connectivity index (χ1v) is 11.6. The van der Waals surface area contributed by atoms with Gasteiger partial charge in [0.1, 0.15) is 0 Å². The monoisotopic (exact) mass is 474 g/mol. The summed E-state index contributed by atoms with van der Waals surface area (Å²) in [6.07, 6.45) is 6.32. The second-order valence-electron chi connectivity index (χ2n) is 8.45. The van der Waals surface area contributed by atoms with Crippen LogP contribution >= 0.6 is 0 Å². The lowest BCUT2D eigenvalue weighted by Gasteiger charge is -2.22. The highest BCUT2D eigenvalue weighted by Gasteiger charge is 2.20. The number of anilines is 1. The van der Waals surface area contributed by atoms with Crippen LogP contribution in [-0.2, 0) is 11.3 Å². The molecule has 0 bridgehead atoms. The SMILES string of the molecule is N/C=C\N(N)Cc1ccc(C(=O)Nc2cccnc2C(=O)NCC2CCOCC2)c2ccccc12. The number of hydrogen-bond acceptors (Lipinski definition) is 7. The van der Waals surface area contributed by atoms with Crippen molar-refractivity contribution in [2.75, 3.05) is 25.1 Å². The highest BCUT2D eigenvalue weighted by atomic mass is 16.5. The highest BCUT2D eigenvalue weighted by molar-refractivity contribution is 6.15. The van der Waals surface area contributed by atoms with Crippen LogP contribution in [0.3, 0.4) is 0 Å². The predicted octanol–water partition coefficient (Wildman–Crippen LogP) is 2.75. The Hall–Kier alpha value is -3.95. The molecule has 2 heterocycles. The molecule has 0 saturated carbocycles. The van der Waals surface area contributed by atoms with Crippen molar-refractivity contribution >= 4 is 28.3 Å². The zero-order chi connectivity index (χ0) is 24.6. The standard InChI is InChI=1S/C26H30N6O3/c27-11-13-32(28)17-19-7-8-22(21-5-2-1-4-20(19)21)25(33)31-23-6-3-12-29-24(23)26(34)30-16-18-9-14-35-15-10-18/h1-8,11-13,18H,9-10,14-17,27-28H2,(H,30,34)(H,31,33)/b13-11-. The normalized spacial score (nSPS) is 14.2. The molecule has 9 nitrogen and oxygen atoms in total. The molecule has 0 aliphatic carbocycles. The molecule has 1 fully saturated rings. The van der Waals surface area contributed by atoms with Crippen molar-refractivity contribution in [1.82, 2.24) is 15.3 Å². The average Bonchev–Trinajstić information content (AvgIpc) is 2.88.